The lowest BCUT2D eigenvalue weighted by Crippen LogP contribution is -2.47. The molecule has 4 fully saturated rings. The van der Waals surface area contributed by atoms with E-state index < -0.39 is 0 Å². The number of hydrogen-bond donors (Lipinski definition) is 1. The molecular weight excluding hydrogens is 234 g/mol. The molecule has 0 bridgehead atoms. The van der Waals surface area contributed by atoms with Gasteiger partial charge in [0.05, 0.1) is 0 Å². The quantitative estimate of drug-likeness (QED) is 0.833. The molecule has 3 heterocycles. The van der Waals surface area contributed by atoms with Gasteiger partial charge in [0, 0.05) is 31.2 Å². The highest BCUT2D eigenvalue weighted by Gasteiger charge is 2.44. The summed E-state index contributed by atoms with van der Waals surface area (Å²) in [6.45, 7) is 6.67. The number of piperidine rings is 1. The van der Waals surface area contributed by atoms with Crippen LogP contribution in [0.4, 0.5) is 0 Å². The van der Waals surface area contributed by atoms with Crippen LogP contribution in [0.3, 0.4) is 0 Å². The van der Waals surface area contributed by atoms with Crippen molar-refractivity contribution in [2.75, 3.05) is 32.7 Å². The summed E-state index contributed by atoms with van der Waals surface area (Å²) in [5, 5.41) is 3.51. The van der Waals surface area contributed by atoms with E-state index in [1.54, 1.807) is 0 Å². The average molecular weight is 263 g/mol. The Morgan fingerprint density at radius 2 is 1.79 bits per heavy atom. The van der Waals surface area contributed by atoms with Gasteiger partial charge in [-0.05, 0) is 70.5 Å². The van der Waals surface area contributed by atoms with Crippen LogP contribution in [0, 0.1) is 5.92 Å². The fraction of sp³-hybridized carbons (Fsp3) is 1.00. The van der Waals surface area contributed by atoms with E-state index >= 15 is 0 Å². The minimum atomic E-state index is 0.907. The Kier molecular flexibility index (Phi) is 3.55. The molecule has 19 heavy (non-hydrogen) atoms. The molecule has 3 aliphatic heterocycles. The number of nitrogens with zero attached hydrogens (tertiary/aromatic N) is 2. The van der Waals surface area contributed by atoms with E-state index in [1.165, 1.54) is 77.7 Å². The highest BCUT2D eigenvalue weighted by Crippen LogP contribution is 2.38. The van der Waals surface area contributed by atoms with E-state index in [0.29, 0.717) is 0 Å². The Balaban J connectivity index is 1.42. The lowest BCUT2D eigenvalue weighted by Gasteiger charge is -2.37. The molecule has 4 aliphatic rings. The molecule has 3 nitrogen and oxygen atoms in total. The molecule has 3 heteroatoms. The summed E-state index contributed by atoms with van der Waals surface area (Å²) < 4.78 is 0. The van der Waals surface area contributed by atoms with Crippen molar-refractivity contribution in [3.8, 4) is 0 Å². The summed E-state index contributed by atoms with van der Waals surface area (Å²) in [5.41, 5.74) is 0. The maximum Gasteiger partial charge on any atom is 0.0266 e. The second kappa shape index (κ2) is 5.34. The normalized spacial score (nSPS) is 37.1. The van der Waals surface area contributed by atoms with Crippen molar-refractivity contribution >= 4 is 0 Å². The number of rotatable bonds is 4. The molecule has 2 atom stereocenters. The predicted molar refractivity (Wildman–Crippen MR) is 78.3 cm³/mol. The third-order valence-electron chi connectivity index (χ3n) is 5.94. The molecule has 0 aromatic heterocycles. The van der Waals surface area contributed by atoms with Gasteiger partial charge in [0.1, 0.15) is 0 Å². The van der Waals surface area contributed by atoms with E-state index in [-0.39, 0.29) is 0 Å². The summed E-state index contributed by atoms with van der Waals surface area (Å²) in [6, 6.07) is 2.78. The van der Waals surface area contributed by atoms with E-state index in [1.807, 2.05) is 0 Å². The zero-order chi connectivity index (χ0) is 12.7. The second-order valence-corrected chi connectivity index (χ2v) is 7.22. The first kappa shape index (κ1) is 12.6. The van der Waals surface area contributed by atoms with Gasteiger partial charge >= 0.3 is 0 Å². The predicted octanol–water partition coefficient (Wildman–Crippen LogP) is 1.69. The Morgan fingerprint density at radius 1 is 0.947 bits per heavy atom. The van der Waals surface area contributed by atoms with Gasteiger partial charge in [0.2, 0.25) is 0 Å². The first-order valence-corrected chi connectivity index (χ1v) is 8.62. The number of fused-ring (bicyclic) bond motifs is 1. The van der Waals surface area contributed by atoms with Gasteiger partial charge in [-0.15, -0.1) is 0 Å². The first-order chi connectivity index (χ1) is 9.42. The van der Waals surface area contributed by atoms with Crippen LogP contribution in [-0.4, -0.2) is 60.6 Å². The number of nitrogens with one attached hydrogen (secondary N) is 1. The average Bonchev–Trinajstić information content (AvgIpc) is 3.04. The van der Waals surface area contributed by atoms with Crippen LogP contribution in [0.15, 0.2) is 0 Å². The van der Waals surface area contributed by atoms with E-state index in [0.717, 1.165) is 24.0 Å². The third-order valence-corrected chi connectivity index (χ3v) is 5.94. The minimum Gasteiger partial charge on any atom is -0.317 e. The molecule has 0 aromatic carbocycles. The van der Waals surface area contributed by atoms with E-state index in [9.17, 15) is 0 Å². The molecule has 0 amide bonds. The maximum atomic E-state index is 3.51. The van der Waals surface area contributed by atoms with Gasteiger partial charge in [-0.2, -0.15) is 0 Å². The topological polar surface area (TPSA) is 18.5 Å². The third kappa shape index (κ3) is 2.57. The Morgan fingerprint density at radius 3 is 2.58 bits per heavy atom. The van der Waals surface area contributed by atoms with Gasteiger partial charge in [0.15, 0.2) is 0 Å². The largest absolute Gasteiger partial charge is 0.317 e. The van der Waals surface area contributed by atoms with Crippen molar-refractivity contribution in [1.82, 2.24) is 15.1 Å². The summed E-state index contributed by atoms with van der Waals surface area (Å²) in [5.74, 6) is 0.970. The Bertz CT molecular complexity index is 309. The van der Waals surface area contributed by atoms with E-state index in [2.05, 4.69) is 15.1 Å². The molecular formula is C16H29N3. The SMILES string of the molecule is C1CC2C(N(CC3CCNCC3)C3CC3)CCN2C1. The van der Waals surface area contributed by atoms with Crippen molar-refractivity contribution in [1.29, 1.82) is 0 Å². The first-order valence-electron chi connectivity index (χ1n) is 8.62. The zero-order valence-corrected chi connectivity index (χ0v) is 12.2. The van der Waals surface area contributed by atoms with Gasteiger partial charge in [-0.25, -0.2) is 0 Å². The van der Waals surface area contributed by atoms with Crippen molar-refractivity contribution < 1.29 is 0 Å². The molecule has 0 spiro atoms. The lowest BCUT2D eigenvalue weighted by molar-refractivity contribution is 0.119. The van der Waals surface area contributed by atoms with Gasteiger partial charge < -0.3 is 5.32 Å². The Hall–Kier alpha value is -0.120. The monoisotopic (exact) mass is 263 g/mol. The van der Waals surface area contributed by atoms with Gasteiger partial charge in [-0.3, -0.25) is 9.80 Å². The molecule has 1 aliphatic carbocycles. The van der Waals surface area contributed by atoms with Crippen molar-refractivity contribution in [2.45, 2.75) is 63.1 Å². The lowest BCUT2D eigenvalue weighted by atomic mass is 9.95. The summed E-state index contributed by atoms with van der Waals surface area (Å²) in [6.07, 6.45) is 10.1. The minimum absolute atomic E-state index is 0.907. The molecule has 0 radical (unpaired) electrons. The molecule has 4 rings (SSSR count). The highest BCUT2D eigenvalue weighted by molar-refractivity contribution is 5.01. The van der Waals surface area contributed by atoms with Crippen molar-refractivity contribution in [2.24, 2.45) is 5.92 Å². The summed E-state index contributed by atoms with van der Waals surface area (Å²) in [4.78, 5) is 5.74. The van der Waals surface area contributed by atoms with Gasteiger partial charge in [0.25, 0.3) is 0 Å². The fourth-order valence-corrected chi connectivity index (χ4v) is 4.77. The molecule has 1 N–H and O–H groups in total. The Labute approximate surface area is 117 Å². The molecule has 1 saturated carbocycles. The second-order valence-electron chi connectivity index (χ2n) is 7.22. The molecule has 3 saturated heterocycles. The fourth-order valence-electron chi connectivity index (χ4n) is 4.77. The van der Waals surface area contributed by atoms with Crippen LogP contribution in [0.2, 0.25) is 0 Å². The maximum absolute atomic E-state index is 3.51. The molecule has 108 valence electrons. The van der Waals surface area contributed by atoms with Crippen LogP contribution in [0.5, 0.6) is 0 Å². The molecule has 0 aromatic rings. The van der Waals surface area contributed by atoms with Crippen molar-refractivity contribution in [3.05, 3.63) is 0 Å². The van der Waals surface area contributed by atoms with E-state index in [4.69, 9.17) is 0 Å². The van der Waals surface area contributed by atoms with Crippen LogP contribution in [-0.2, 0) is 0 Å². The van der Waals surface area contributed by atoms with Crippen LogP contribution in [0.1, 0.15) is 44.9 Å². The van der Waals surface area contributed by atoms with Crippen molar-refractivity contribution in [3.63, 3.8) is 0 Å². The molecule has 2 unspecified atom stereocenters. The smallest absolute Gasteiger partial charge is 0.0266 e. The van der Waals surface area contributed by atoms with Gasteiger partial charge in [-0.1, -0.05) is 0 Å². The zero-order valence-electron chi connectivity index (χ0n) is 12.2. The van der Waals surface area contributed by atoms with Crippen LogP contribution in [0.25, 0.3) is 0 Å². The summed E-state index contributed by atoms with van der Waals surface area (Å²) in [7, 11) is 0. The standard InChI is InChI=1S/C16H29N3/c1-2-15-16(7-11-18(15)10-1)19(14-3-4-14)12-13-5-8-17-9-6-13/h13-17H,1-12H2. The summed E-state index contributed by atoms with van der Waals surface area (Å²) >= 11 is 0. The number of hydrogen-bond acceptors (Lipinski definition) is 3. The highest BCUT2D eigenvalue weighted by atomic mass is 15.3. The van der Waals surface area contributed by atoms with Crippen LogP contribution >= 0.6 is 0 Å². The van der Waals surface area contributed by atoms with Crippen LogP contribution < -0.4 is 5.32 Å².